The number of carbonyl (C=O) groups excluding carboxylic acids is 1. The molecule has 160 valence electrons. The van der Waals surface area contributed by atoms with Crippen LogP contribution in [0.25, 0.3) is 0 Å². The summed E-state index contributed by atoms with van der Waals surface area (Å²) in [6, 6.07) is 0. The molecule has 0 radical (unpaired) electrons. The van der Waals surface area contributed by atoms with Crippen LogP contribution in [0.2, 0.25) is 0 Å². The number of rotatable bonds is 1. The van der Waals surface area contributed by atoms with Crippen molar-refractivity contribution in [3.63, 3.8) is 0 Å². The van der Waals surface area contributed by atoms with Gasteiger partial charge in [-0.2, -0.15) is 0 Å². The Morgan fingerprint density at radius 3 is 2.62 bits per heavy atom. The van der Waals surface area contributed by atoms with E-state index in [-0.39, 0.29) is 47.5 Å². The van der Waals surface area contributed by atoms with E-state index in [1.54, 1.807) is 0 Å². The molecule has 0 aromatic rings. The maximum absolute atomic E-state index is 12.2. The summed E-state index contributed by atoms with van der Waals surface area (Å²) in [4.78, 5) is 12.2. The molecule has 1 saturated carbocycles. The summed E-state index contributed by atoms with van der Waals surface area (Å²) in [6.07, 6.45) is 2.61. The van der Waals surface area contributed by atoms with Crippen molar-refractivity contribution in [3.8, 4) is 0 Å². The zero-order chi connectivity index (χ0) is 20.6. The van der Waals surface area contributed by atoms with Crippen LogP contribution < -0.4 is 0 Å². The summed E-state index contributed by atoms with van der Waals surface area (Å²) < 4.78 is 24.8. The summed E-state index contributed by atoms with van der Waals surface area (Å²) in [5.41, 5.74) is -0.994. The van der Waals surface area contributed by atoms with Gasteiger partial charge in [-0.3, -0.25) is 0 Å². The maximum atomic E-state index is 12.2. The topological polar surface area (TPSA) is 80.8 Å². The van der Waals surface area contributed by atoms with E-state index >= 15 is 0 Å². The molecule has 1 N–H and O–H groups in total. The summed E-state index contributed by atoms with van der Waals surface area (Å²) in [7, 11) is 0. The first-order chi connectivity index (χ1) is 13.5. The average Bonchev–Trinajstić information content (AvgIpc) is 3.51. The highest BCUT2D eigenvalue weighted by Crippen LogP contribution is 2.73. The van der Waals surface area contributed by atoms with Gasteiger partial charge in [0.05, 0.1) is 24.4 Å². The summed E-state index contributed by atoms with van der Waals surface area (Å²) in [5.74, 6) is 0.0858. The zero-order valence-corrected chi connectivity index (χ0v) is 18.0. The fourth-order valence-corrected chi connectivity index (χ4v) is 7.66. The van der Waals surface area contributed by atoms with E-state index in [9.17, 15) is 9.90 Å². The van der Waals surface area contributed by atoms with E-state index in [1.165, 1.54) is 0 Å². The maximum Gasteiger partial charge on any atom is 0.334 e. The van der Waals surface area contributed by atoms with Crippen LogP contribution in [-0.2, 0) is 23.7 Å². The zero-order valence-electron chi connectivity index (χ0n) is 18.0. The molecule has 4 heterocycles. The van der Waals surface area contributed by atoms with E-state index < -0.39 is 11.0 Å². The van der Waals surface area contributed by atoms with Crippen LogP contribution in [0.5, 0.6) is 0 Å². The Balaban J connectivity index is 1.46. The van der Waals surface area contributed by atoms with Crippen molar-refractivity contribution < 1.29 is 28.8 Å². The second-order valence-corrected chi connectivity index (χ2v) is 11.3. The number of epoxide rings is 2. The highest BCUT2D eigenvalue weighted by molar-refractivity contribution is 5.92. The van der Waals surface area contributed by atoms with Gasteiger partial charge in [-0.1, -0.05) is 34.6 Å². The third-order valence-corrected chi connectivity index (χ3v) is 9.72. The molecular weight excluding hydrogens is 372 g/mol. The van der Waals surface area contributed by atoms with Crippen LogP contribution in [0, 0.1) is 16.7 Å². The lowest BCUT2D eigenvalue weighted by molar-refractivity contribution is -0.136. The first kappa shape index (κ1) is 18.8. The second kappa shape index (κ2) is 5.09. The molecule has 2 aliphatic carbocycles. The quantitative estimate of drug-likeness (QED) is 0.534. The van der Waals surface area contributed by atoms with Gasteiger partial charge in [-0.15, -0.1) is 0 Å². The highest BCUT2D eigenvalue weighted by atomic mass is 16.7. The summed E-state index contributed by atoms with van der Waals surface area (Å²) in [5, 5.41) is 12.1. The molecule has 0 amide bonds. The van der Waals surface area contributed by atoms with Gasteiger partial charge in [-0.05, 0) is 18.8 Å². The van der Waals surface area contributed by atoms with Gasteiger partial charge in [0, 0.05) is 34.8 Å². The van der Waals surface area contributed by atoms with Gasteiger partial charge in [0.1, 0.15) is 23.9 Å². The molecule has 3 saturated heterocycles. The largest absolute Gasteiger partial charge is 0.458 e. The second-order valence-electron chi connectivity index (χ2n) is 11.3. The van der Waals surface area contributed by atoms with Gasteiger partial charge in [0.15, 0.2) is 0 Å². The van der Waals surface area contributed by atoms with E-state index in [0.717, 1.165) is 12.0 Å². The van der Waals surface area contributed by atoms with Crippen LogP contribution in [0.4, 0.5) is 0 Å². The molecule has 6 nitrogen and oxygen atoms in total. The monoisotopic (exact) mass is 404 g/mol. The molecule has 6 heteroatoms. The van der Waals surface area contributed by atoms with Crippen molar-refractivity contribution >= 4 is 5.97 Å². The van der Waals surface area contributed by atoms with Crippen molar-refractivity contribution in [3.05, 3.63) is 11.1 Å². The normalized spacial score (nSPS) is 54.3. The van der Waals surface area contributed by atoms with E-state index in [1.807, 2.05) is 0 Å². The Kier molecular flexibility index (Phi) is 3.30. The van der Waals surface area contributed by atoms with Gasteiger partial charge < -0.3 is 24.1 Å². The number of esters is 1. The Labute approximate surface area is 171 Å². The molecule has 4 fully saturated rings. The molecule has 6 rings (SSSR count). The predicted octanol–water partition coefficient (Wildman–Crippen LogP) is 2.52. The van der Waals surface area contributed by atoms with Gasteiger partial charge in [0.25, 0.3) is 0 Å². The Morgan fingerprint density at radius 2 is 1.90 bits per heavy atom. The van der Waals surface area contributed by atoms with Crippen LogP contribution in [0.3, 0.4) is 0 Å². The number of ether oxygens (including phenoxy) is 4. The molecule has 6 aliphatic rings. The molecule has 0 aromatic heterocycles. The van der Waals surface area contributed by atoms with Gasteiger partial charge in [0.2, 0.25) is 0 Å². The van der Waals surface area contributed by atoms with Crippen molar-refractivity contribution in [1.29, 1.82) is 0 Å². The SMILES string of the molecule is CC(C)[C@]12O[C@H]1[C@H]1C[C@]3(O[C@H]3C[C@@]3(O)C4=C(CC[C@]3(C)CO1)C(=O)OC4)C2(C)C. The van der Waals surface area contributed by atoms with Gasteiger partial charge in [-0.25, -0.2) is 4.79 Å². The van der Waals surface area contributed by atoms with E-state index in [2.05, 4.69) is 34.6 Å². The highest BCUT2D eigenvalue weighted by Gasteiger charge is 2.85. The molecule has 0 aromatic carbocycles. The molecule has 2 bridgehead atoms. The van der Waals surface area contributed by atoms with Crippen LogP contribution in [0.15, 0.2) is 11.1 Å². The third kappa shape index (κ3) is 1.88. The molecule has 0 unspecified atom stereocenters. The third-order valence-electron chi connectivity index (χ3n) is 9.72. The number of fused-ring (bicyclic) bond motifs is 5. The van der Waals surface area contributed by atoms with Crippen molar-refractivity contribution in [2.24, 2.45) is 16.7 Å². The van der Waals surface area contributed by atoms with Crippen molar-refractivity contribution in [2.45, 2.75) is 95.4 Å². The number of carbonyl (C=O) groups is 1. The number of hydrogen-bond donors (Lipinski definition) is 1. The average molecular weight is 405 g/mol. The summed E-state index contributed by atoms with van der Waals surface area (Å²) >= 11 is 0. The smallest absolute Gasteiger partial charge is 0.334 e. The fraction of sp³-hybridized carbons (Fsp3) is 0.870. The molecule has 4 aliphatic heterocycles. The fourth-order valence-electron chi connectivity index (χ4n) is 7.66. The van der Waals surface area contributed by atoms with Crippen molar-refractivity contribution in [2.75, 3.05) is 13.2 Å². The lowest BCUT2D eigenvalue weighted by Crippen LogP contribution is -2.58. The van der Waals surface area contributed by atoms with Gasteiger partial charge >= 0.3 is 5.97 Å². The van der Waals surface area contributed by atoms with E-state index in [0.29, 0.717) is 37.4 Å². The Hall–Kier alpha value is -0.950. The standard InChI is InChI=1S/C23H32O6/c1-12(2)23-17(29-23)15-8-22(19(23,3)4)16(28-22)9-21(25)14-10-26-18(24)13(14)6-7-20(21,5)11-27-15/h12,15-17,25H,6-11H2,1-5H3/t15-,16+,17+,20-,21-,22-,23+/m1/s1. The molecular formula is C23H32O6. The van der Waals surface area contributed by atoms with Crippen LogP contribution >= 0.6 is 0 Å². The Bertz CT molecular complexity index is 846. The predicted molar refractivity (Wildman–Crippen MR) is 103 cm³/mol. The van der Waals surface area contributed by atoms with E-state index in [4.69, 9.17) is 18.9 Å². The van der Waals surface area contributed by atoms with Crippen LogP contribution in [0.1, 0.15) is 60.3 Å². The number of hydrogen-bond acceptors (Lipinski definition) is 6. The molecule has 7 atom stereocenters. The lowest BCUT2D eigenvalue weighted by Gasteiger charge is -2.48. The van der Waals surface area contributed by atoms with Crippen molar-refractivity contribution in [1.82, 2.24) is 0 Å². The minimum Gasteiger partial charge on any atom is -0.458 e. The summed E-state index contributed by atoms with van der Waals surface area (Å²) in [6.45, 7) is 11.7. The molecule has 29 heavy (non-hydrogen) atoms. The number of aliphatic hydroxyl groups is 1. The van der Waals surface area contributed by atoms with Crippen LogP contribution in [-0.4, -0.2) is 59.4 Å². The molecule has 1 spiro atoms. The first-order valence-corrected chi connectivity index (χ1v) is 11.1. The Morgan fingerprint density at radius 1 is 1.14 bits per heavy atom. The number of cyclic esters (lactones) is 1. The minimum atomic E-state index is -1.15. The lowest BCUT2D eigenvalue weighted by atomic mass is 9.55. The first-order valence-electron chi connectivity index (χ1n) is 11.1. The minimum absolute atomic E-state index is 0.0218.